The van der Waals surface area contributed by atoms with E-state index < -0.39 is 6.16 Å². The number of hydrogen-bond acceptors (Lipinski definition) is 4. The van der Waals surface area contributed by atoms with Crippen LogP contribution in [0.4, 0.5) is 4.79 Å². The molecule has 5 heteroatoms. The van der Waals surface area contributed by atoms with Crippen molar-refractivity contribution < 1.29 is 14.3 Å². The number of carbonyl (C=O) groups excluding carboxylic acids is 1. The van der Waals surface area contributed by atoms with Crippen LogP contribution in [0.25, 0.3) is 10.9 Å². The van der Waals surface area contributed by atoms with Crippen LogP contribution in [0.2, 0.25) is 0 Å². The van der Waals surface area contributed by atoms with Crippen LogP contribution < -0.4 is 4.74 Å². The number of ether oxygens (including phenoxy) is 2. The molecule has 0 aliphatic rings. The summed E-state index contributed by atoms with van der Waals surface area (Å²) in [6, 6.07) is 5.64. The van der Waals surface area contributed by atoms with Crippen molar-refractivity contribution in [3.8, 4) is 5.75 Å². The maximum atomic E-state index is 11.9. The van der Waals surface area contributed by atoms with Gasteiger partial charge >= 0.3 is 6.16 Å². The normalized spacial score (nSPS) is 11.9. The van der Waals surface area contributed by atoms with Crippen LogP contribution >= 0.6 is 0 Å². The van der Waals surface area contributed by atoms with Gasteiger partial charge in [-0.1, -0.05) is 26.8 Å². The second-order valence-corrected chi connectivity index (χ2v) is 7.25. The molecule has 1 heterocycles. The van der Waals surface area contributed by atoms with Crippen LogP contribution in [0.1, 0.15) is 26.3 Å². The predicted molar refractivity (Wildman–Crippen MR) is 92.0 cm³/mol. The molecule has 0 fully saturated rings. The van der Waals surface area contributed by atoms with Crippen molar-refractivity contribution >= 4 is 17.1 Å². The molecule has 23 heavy (non-hydrogen) atoms. The first-order valence-corrected chi connectivity index (χ1v) is 7.84. The fraction of sp³-hybridized carbons (Fsp3) is 0.500. The first-order valence-electron chi connectivity index (χ1n) is 7.84. The topological polar surface area (TPSA) is 54.6 Å². The van der Waals surface area contributed by atoms with Gasteiger partial charge in [-0.2, -0.15) is 0 Å². The average molecular weight is 318 g/mol. The Labute approximate surface area is 137 Å². The molecule has 0 bridgehead atoms. The summed E-state index contributed by atoms with van der Waals surface area (Å²) in [6.45, 7) is 7.27. The van der Waals surface area contributed by atoms with Crippen molar-refractivity contribution in [1.82, 2.24) is 9.88 Å². The number of fused-ring (bicyclic) bond motifs is 1. The minimum atomic E-state index is -0.660. The van der Waals surface area contributed by atoms with Crippen molar-refractivity contribution in [3.05, 3.63) is 30.0 Å². The summed E-state index contributed by atoms with van der Waals surface area (Å²) in [4.78, 5) is 17.3. The highest BCUT2D eigenvalue weighted by atomic mass is 16.7. The van der Waals surface area contributed by atoms with Gasteiger partial charge < -0.3 is 19.4 Å². The molecule has 2 aromatic rings. The first-order chi connectivity index (χ1) is 10.8. The number of carbonyl (C=O) groups is 1. The Balaban J connectivity index is 2.16. The monoisotopic (exact) mass is 318 g/mol. The second kappa shape index (κ2) is 7.04. The number of nitrogens with zero attached hydrogens (tertiary/aromatic N) is 1. The molecule has 5 nitrogen and oxygen atoms in total. The number of aromatic nitrogens is 1. The maximum absolute atomic E-state index is 11.9. The SMILES string of the molecule is CN(C)CCc1c[nH]c2cccc(OC(=O)OCC(C)(C)C)c12. The van der Waals surface area contributed by atoms with E-state index in [-0.39, 0.29) is 5.41 Å². The zero-order chi connectivity index (χ0) is 17.0. The highest BCUT2D eigenvalue weighted by molar-refractivity contribution is 5.90. The maximum Gasteiger partial charge on any atom is 0.513 e. The molecule has 0 aliphatic carbocycles. The van der Waals surface area contributed by atoms with E-state index in [0.717, 1.165) is 29.4 Å². The number of likely N-dealkylation sites (N-methyl/N-ethyl adjacent to an activating group) is 1. The van der Waals surface area contributed by atoms with Gasteiger partial charge in [-0.3, -0.25) is 0 Å². The Bertz CT molecular complexity index is 668. The number of hydrogen-bond donors (Lipinski definition) is 1. The van der Waals surface area contributed by atoms with Crippen molar-refractivity contribution in [2.75, 3.05) is 27.2 Å². The molecule has 0 unspecified atom stereocenters. The molecule has 2 rings (SSSR count). The lowest BCUT2D eigenvalue weighted by Crippen LogP contribution is -2.20. The highest BCUT2D eigenvalue weighted by Crippen LogP contribution is 2.29. The molecular formula is C18H26N2O3. The van der Waals surface area contributed by atoms with E-state index in [1.165, 1.54) is 0 Å². The standard InChI is InChI=1S/C18H26N2O3/c1-18(2,3)12-22-17(21)23-15-8-6-7-14-16(15)13(11-19-14)9-10-20(4)5/h6-8,11,19H,9-10,12H2,1-5H3. The first kappa shape index (κ1) is 17.3. The van der Waals surface area contributed by atoms with E-state index in [9.17, 15) is 4.79 Å². The zero-order valence-electron chi connectivity index (χ0n) is 14.6. The second-order valence-electron chi connectivity index (χ2n) is 7.25. The molecule has 126 valence electrons. The van der Waals surface area contributed by atoms with Crippen LogP contribution in [0, 0.1) is 5.41 Å². The van der Waals surface area contributed by atoms with Crippen molar-refractivity contribution in [2.45, 2.75) is 27.2 Å². The van der Waals surface area contributed by atoms with Gasteiger partial charge in [0.1, 0.15) is 5.75 Å². The molecule has 1 aromatic heterocycles. The fourth-order valence-corrected chi connectivity index (χ4v) is 2.24. The van der Waals surface area contributed by atoms with Crippen molar-refractivity contribution in [1.29, 1.82) is 0 Å². The lowest BCUT2D eigenvalue weighted by atomic mass is 9.99. The number of rotatable bonds is 5. The van der Waals surface area contributed by atoms with E-state index in [1.807, 2.05) is 53.2 Å². The van der Waals surface area contributed by atoms with E-state index in [2.05, 4.69) is 9.88 Å². The summed E-state index contributed by atoms with van der Waals surface area (Å²) in [5.41, 5.74) is 2.00. The van der Waals surface area contributed by atoms with Crippen LogP contribution in [0.5, 0.6) is 5.75 Å². The van der Waals surface area contributed by atoms with E-state index in [4.69, 9.17) is 9.47 Å². The molecule has 0 radical (unpaired) electrons. The third-order valence-corrected chi connectivity index (χ3v) is 3.39. The van der Waals surface area contributed by atoms with E-state index in [0.29, 0.717) is 12.4 Å². The van der Waals surface area contributed by atoms with Gasteiger partial charge in [0.25, 0.3) is 0 Å². The summed E-state index contributed by atoms with van der Waals surface area (Å²) in [7, 11) is 4.08. The Hall–Kier alpha value is -2.01. The number of aromatic amines is 1. The largest absolute Gasteiger partial charge is 0.513 e. The third-order valence-electron chi connectivity index (χ3n) is 3.39. The Kier molecular flexibility index (Phi) is 5.31. The molecule has 0 aliphatic heterocycles. The molecule has 0 amide bonds. The predicted octanol–water partition coefficient (Wildman–Crippen LogP) is 3.83. The average Bonchev–Trinajstić information content (AvgIpc) is 2.86. The third kappa shape index (κ3) is 4.99. The summed E-state index contributed by atoms with van der Waals surface area (Å²) in [6.07, 6.45) is 2.19. The Morgan fingerprint density at radius 1 is 1.26 bits per heavy atom. The summed E-state index contributed by atoms with van der Waals surface area (Å²) >= 11 is 0. The van der Waals surface area contributed by atoms with Crippen LogP contribution in [-0.4, -0.2) is 43.3 Å². The zero-order valence-corrected chi connectivity index (χ0v) is 14.6. The van der Waals surface area contributed by atoms with Crippen LogP contribution in [-0.2, 0) is 11.2 Å². The highest BCUT2D eigenvalue weighted by Gasteiger charge is 2.17. The molecule has 0 saturated heterocycles. The summed E-state index contributed by atoms with van der Waals surface area (Å²) in [5, 5.41) is 0.946. The lowest BCUT2D eigenvalue weighted by Gasteiger charge is -2.17. The van der Waals surface area contributed by atoms with Gasteiger partial charge in [0.05, 0.1) is 6.61 Å². The van der Waals surface area contributed by atoms with Gasteiger partial charge in [0.2, 0.25) is 0 Å². The quantitative estimate of drug-likeness (QED) is 0.672. The lowest BCUT2D eigenvalue weighted by molar-refractivity contribution is 0.0688. The van der Waals surface area contributed by atoms with Gasteiger partial charge in [-0.15, -0.1) is 0 Å². The Morgan fingerprint density at radius 2 is 2.00 bits per heavy atom. The fourth-order valence-electron chi connectivity index (χ4n) is 2.24. The van der Waals surface area contributed by atoms with Gasteiger partial charge in [0, 0.05) is 23.6 Å². The van der Waals surface area contributed by atoms with Crippen molar-refractivity contribution in [2.24, 2.45) is 5.41 Å². The minimum absolute atomic E-state index is 0.0873. The smallest absolute Gasteiger partial charge is 0.433 e. The van der Waals surface area contributed by atoms with Gasteiger partial charge in [0.15, 0.2) is 0 Å². The van der Waals surface area contributed by atoms with Gasteiger partial charge in [-0.05, 0) is 43.6 Å². The molecule has 0 spiro atoms. The van der Waals surface area contributed by atoms with Crippen LogP contribution in [0.15, 0.2) is 24.4 Å². The number of nitrogens with one attached hydrogen (secondary N) is 1. The molecule has 1 aromatic carbocycles. The molecule has 0 atom stereocenters. The molecule has 0 saturated carbocycles. The van der Waals surface area contributed by atoms with E-state index >= 15 is 0 Å². The van der Waals surface area contributed by atoms with Crippen LogP contribution in [0.3, 0.4) is 0 Å². The summed E-state index contributed by atoms with van der Waals surface area (Å²) < 4.78 is 10.6. The van der Waals surface area contributed by atoms with E-state index in [1.54, 1.807) is 6.07 Å². The molecular weight excluding hydrogens is 292 g/mol. The Morgan fingerprint density at radius 3 is 2.65 bits per heavy atom. The molecule has 1 N–H and O–H groups in total. The minimum Gasteiger partial charge on any atom is -0.433 e. The van der Waals surface area contributed by atoms with Crippen molar-refractivity contribution in [3.63, 3.8) is 0 Å². The number of H-pyrrole nitrogens is 1. The summed E-state index contributed by atoms with van der Waals surface area (Å²) in [5.74, 6) is 0.538. The van der Waals surface area contributed by atoms with Gasteiger partial charge in [-0.25, -0.2) is 4.79 Å². The number of benzene rings is 1.